The van der Waals surface area contributed by atoms with Gasteiger partial charge in [-0.1, -0.05) is 25.1 Å². The van der Waals surface area contributed by atoms with E-state index in [1.165, 1.54) is 6.21 Å². The number of rotatable bonds is 9. The molecule has 3 N–H and O–H groups in total. The molecule has 1 unspecified atom stereocenters. The van der Waals surface area contributed by atoms with Crippen LogP contribution in [-0.2, 0) is 0 Å². The van der Waals surface area contributed by atoms with Crippen LogP contribution in [0.25, 0.3) is 10.9 Å². The first-order chi connectivity index (χ1) is 15.0. The Morgan fingerprint density at radius 2 is 2.00 bits per heavy atom. The third kappa shape index (κ3) is 5.42. The lowest BCUT2D eigenvalue weighted by molar-refractivity contribution is 0.0731. The lowest BCUT2D eigenvalue weighted by atomic mass is 10.1. The Labute approximate surface area is 181 Å². The van der Waals surface area contributed by atoms with Crippen molar-refractivity contribution in [1.29, 1.82) is 5.41 Å². The van der Waals surface area contributed by atoms with E-state index in [9.17, 15) is 4.79 Å². The molecule has 3 rings (SSSR count). The molecule has 8 nitrogen and oxygen atoms in total. The minimum atomic E-state index is -0.198. The quantitative estimate of drug-likeness (QED) is 0.361. The van der Waals surface area contributed by atoms with Crippen LogP contribution in [0.3, 0.4) is 0 Å². The number of hydrazone groups is 1. The first-order valence-corrected chi connectivity index (χ1v) is 10.2. The van der Waals surface area contributed by atoms with Gasteiger partial charge < -0.3 is 15.6 Å². The molecule has 1 aromatic carbocycles. The Hall–Kier alpha value is -3.81. The van der Waals surface area contributed by atoms with Crippen LogP contribution in [0.5, 0.6) is 0 Å². The van der Waals surface area contributed by atoms with E-state index in [4.69, 9.17) is 5.41 Å². The van der Waals surface area contributed by atoms with E-state index >= 15 is 0 Å². The predicted octanol–water partition coefficient (Wildman–Crippen LogP) is 3.95. The maximum atomic E-state index is 13.2. The average Bonchev–Trinajstić information content (AvgIpc) is 2.79. The monoisotopic (exact) mass is 417 g/mol. The number of anilines is 2. The van der Waals surface area contributed by atoms with Crippen LogP contribution >= 0.6 is 0 Å². The standard InChI is InChI=1S/C23H27N7O/c1-4-18(15-25-21-12-10-17-7-5-6-8-19(17)28-21)30(3)23(31)22-20(29-26-14-13-24)11-9-16(2)27-22/h5-14,18,24,29H,4,15H2,1-3H3,(H,25,28)/b24-13?,26-14-. The number of aryl methyl sites for hydroxylation is 1. The van der Waals surface area contributed by atoms with Gasteiger partial charge in [0, 0.05) is 36.9 Å². The van der Waals surface area contributed by atoms with Crippen LogP contribution < -0.4 is 10.7 Å². The molecule has 31 heavy (non-hydrogen) atoms. The number of amides is 1. The molecule has 0 spiro atoms. The minimum absolute atomic E-state index is 0.0546. The molecule has 0 bridgehead atoms. The summed E-state index contributed by atoms with van der Waals surface area (Å²) < 4.78 is 0. The summed E-state index contributed by atoms with van der Waals surface area (Å²) in [6.45, 7) is 4.44. The van der Waals surface area contributed by atoms with Gasteiger partial charge in [0.25, 0.3) is 5.91 Å². The van der Waals surface area contributed by atoms with Gasteiger partial charge in [0.15, 0.2) is 5.69 Å². The number of benzene rings is 1. The number of aromatic nitrogens is 2. The van der Waals surface area contributed by atoms with Crippen LogP contribution in [0.4, 0.5) is 11.5 Å². The van der Waals surface area contributed by atoms with Crippen molar-refractivity contribution in [3.05, 3.63) is 59.9 Å². The first kappa shape index (κ1) is 21.9. The van der Waals surface area contributed by atoms with Gasteiger partial charge in [-0.2, -0.15) is 5.10 Å². The van der Waals surface area contributed by atoms with Crippen molar-refractivity contribution in [2.45, 2.75) is 26.3 Å². The molecule has 2 heterocycles. The third-order valence-electron chi connectivity index (χ3n) is 5.03. The number of para-hydroxylation sites is 1. The summed E-state index contributed by atoms with van der Waals surface area (Å²) in [5.41, 5.74) is 5.26. The highest BCUT2D eigenvalue weighted by Gasteiger charge is 2.23. The highest BCUT2D eigenvalue weighted by atomic mass is 16.2. The predicted molar refractivity (Wildman–Crippen MR) is 126 cm³/mol. The second-order valence-electron chi connectivity index (χ2n) is 7.15. The van der Waals surface area contributed by atoms with Crippen molar-refractivity contribution >= 4 is 40.7 Å². The molecule has 0 saturated heterocycles. The summed E-state index contributed by atoms with van der Waals surface area (Å²) in [5.74, 6) is 0.575. The van der Waals surface area contributed by atoms with Crippen molar-refractivity contribution in [2.24, 2.45) is 5.10 Å². The zero-order valence-electron chi connectivity index (χ0n) is 18.0. The summed E-state index contributed by atoms with van der Waals surface area (Å²) in [7, 11) is 1.78. The molecule has 1 atom stereocenters. The van der Waals surface area contributed by atoms with E-state index in [-0.39, 0.29) is 11.9 Å². The van der Waals surface area contributed by atoms with E-state index in [2.05, 4.69) is 25.8 Å². The maximum absolute atomic E-state index is 13.2. The summed E-state index contributed by atoms with van der Waals surface area (Å²) in [4.78, 5) is 24.0. The number of fused-ring (bicyclic) bond motifs is 1. The van der Waals surface area contributed by atoms with Crippen molar-refractivity contribution in [3.8, 4) is 0 Å². The van der Waals surface area contributed by atoms with Crippen molar-refractivity contribution < 1.29 is 4.79 Å². The number of nitrogens with zero attached hydrogens (tertiary/aromatic N) is 4. The van der Waals surface area contributed by atoms with Gasteiger partial charge in [0.2, 0.25) is 0 Å². The van der Waals surface area contributed by atoms with Gasteiger partial charge >= 0.3 is 0 Å². The Kier molecular flexibility index (Phi) is 7.26. The molecule has 0 aliphatic carbocycles. The summed E-state index contributed by atoms with van der Waals surface area (Å²) in [6, 6.07) is 15.5. The summed E-state index contributed by atoms with van der Waals surface area (Å²) >= 11 is 0. The van der Waals surface area contributed by atoms with Crippen LogP contribution in [0.15, 0.2) is 53.6 Å². The molecule has 8 heteroatoms. The molecule has 0 saturated carbocycles. The molecule has 0 aliphatic rings. The Morgan fingerprint density at radius 3 is 2.77 bits per heavy atom. The summed E-state index contributed by atoms with van der Waals surface area (Å²) in [6.07, 6.45) is 3.12. The van der Waals surface area contributed by atoms with Gasteiger partial charge in [-0.15, -0.1) is 0 Å². The Balaban J connectivity index is 1.74. The second-order valence-corrected chi connectivity index (χ2v) is 7.15. The molecular formula is C23H27N7O. The fraction of sp³-hybridized carbons (Fsp3) is 0.261. The molecule has 0 aliphatic heterocycles. The maximum Gasteiger partial charge on any atom is 0.274 e. The molecule has 1 amide bonds. The Bertz CT molecular complexity index is 1100. The minimum Gasteiger partial charge on any atom is -0.368 e. The number of nitrogens with one attached hydrogen (secondary N) is 3. The number of pyridine rings is 2. The highest BCUT2D eigenvalue weighted by molar-refractivity contribution is 6.14. The van der Waals surface area contributed by atoms with E-state index in [1.807, 2.05) is 56.3 Å². The van der Waals surface area contributed by atoms with Gasteiger partial charge in [-0.3, -0.25) is 10.2 Å². The highest BCUT2D eigenvalue weighted by Crippen LogP contribution is 2.19. The van der Waals surface area contributed by atoms with Crippen LogP contribution in [0.1, 0.15) is 29.5 Å². The third-order valence-corrected chi connectivity index (χ3v) is 5.03. The first-order valence-electron chi connectivity index (χ1n) is 10.2. The van der Waals surface area contributed by atoms with Gasteiger partial charge in [-0.25, -0.2) is 9.97 Å². The molecule has 0 radical (unpaired) electrons. The number of carbonyl (C=O) groups is 1. The van der Waals surface area contributed by atoms with Crippen molar-refractivity contribution in [2.75, 3.05) is 24.3 Å². The van der Waals surface area contributed by atoms with Crippen molar-refractivity contribution in [1.82, 2.24) is 14.9 Å². The van der Waals surface area contributed by atoms with Gasteiger partial charge in [0.1, 0.15) is 5.82 Å². The van der Waals surface area contributed by atoms with E-state index in [0.29, 0.717) is 17.9 Å². The van der Waals surface area contributed by atoms with E-state index < -0.39 is 0 Å². The molecule has 2 aromatic heterocycles. The van der Waals surface area contributed by atoms with Crippen LogP contribution in [-0.4, -0.2) is 52.8 Å². The van der Waals surface area contributed by atoms with Crippen LogP contribution in [0.2, 0.25) is 0 Å². The number of likely N-dealkylation sites (N-methyl/N-ethyl adjacent to an activating group) is 1. The van der Waals surface area contributed by atoms with Gasteiger partial charge in [0.05, 0.1) is 17.4 Å². The number of hydrogen-bond donors (Lipinski definition) is 3. The molecular weight excluding hydrogens is 390 g/mol. The smallest absolute Gasteiger partial charge is 0.274 e. The molecule has 160 valence electrons. The fourth-order valence-electron chi connectivity index (χ4n) is 3.23. The Morgan fingerprint density at radius 1 is 1.19 bits per heavy atom. The zero-order valence-corrected chi connectivity index (χ0v) is 18.0. The number of hydrogen-bond acceptors (Lipinski definition) is 7. The van der Waals surface area contributed by atoms with Gasteiger partial charge in [-0.05, 0) is 43.7 Å². The molecule has 0 fully saturated rings. The van der Waals surface area contributed by atoms with E-state index in [0.717, 1.165) is 35.1 Å². The second kappa shape index (κ2) is 10.3. The molecule has 3 aromatic rings. The zero-order chi connectivity index (χ0) is 22.2. The normalized spacial score (nSPS) is 12.0. The summed E-state index contributed by atoms with van der Waals surface area (Å²) in [5, 5.41) is 15.4. The lowest BCUT2D eigenvalue weighted by Gasteiger charge is -2.28. The van der Waals surface area contributed by atoms with E-state index in [1.54, 1.807) is 18.0 Å². The topological polar surface area (TPSA) is 106 Å². The SMILES string of the molecule is CCC(CNc1ccc2ccccc2n1)N(C)C(=O)c1nc(C)ccc1N/N=C\C=N. The average molecular weight is 418 g/mol. The number of carbonyl (C=O) groups excluding carboxylic acids is 1. The lowest BCUT2D eigenvalue weighted by Crippen LogP contribution is -2.41. The largest absolute Gasteiger partial charge is 0.368 e. The van der Waals surface area contributed by atoms with Crippen LogP contribution in [0, 0.1) is 12.3 Å². The fourth-order valence-corrected chi connectivity index (χ4v) is 3.23. The van der Waals surface area contributed by atoms with Crippen molar-refractivity contribution in [3.63, 3.8) is 0 Å².